The molecule has 0 bridgehead atoms. The highest BCUT2D eigenvalue weighted by Crippen LogP contribution is 2.29. The monoisotopic (exact) mass is 426 g/mol. The van der Waals surface area contributed by atoms with Gasteiger partial charge in [-0.3, -0.25) is 9.10 Å². The molecule has 0 unspecified atom stereocenters. The number of anilines is 2. The van der Waals surface area contributed by atoms with E-state index in [0.717, 1.165) is 16.8 Å². The van der Waals surface area contributed by atoms with Gasteiger partial charge in [0.15, 0.2) is 0 Å². The molecule has 0 atom stereocenters. The molecule has 0 spiro atoms. The standard InChI is InChI=1S/C22H22N2O5S/c1-29-22(26)18-6-9-20-17(15-18)11-13-23(20)21(25)10-5-16-3-7-19(8-4-16)24-12-2-14-30(24,27)28/h3-10,15H,2,11-14H2,1H3/b10-5+. The fourth-order valence-electron chi connectivity index (χ4n) is 3.81. The molecule has 2 aliphatic heterocycles. The lowest BCUT2D eigenvalue weighted by atomic mass is 10.1. The summed E-state index contributed by atoms with van der Waals surface area (Å²) in [5.41, 5.74) is 3.67. The Kier molecular flexibility index (Phi) is 5.34. The van der Waals surface area contributed by atoms with E-state index in [0.29, 0.717) is 37.2 Å². The summed E-state index contributed by atoms with van der Waals surface area (Å²) < 4.78 is 30.2. The number of methoxy groups -OCH3 is 1. The number of benzene rings is 2. The first kappa shape index (κ1) is 20.2. The van der Waals surface area contributed by atoms with Crippen molar-refractivity contribution < 1.29 is 22.7 Å². The van der Waals surface area contributed by atoms with Crippen LogP contribution in [0.2, 0.25) is 0 Å². The number of ether oxygens (including phenoxy) is 1. The molecule has 8 heteroatoms. The van der Waals surface area contributed by atoms with Crippen molar-refractivity contribution in [2.75, 3.05) is 35.2 Å². The number of nitrogens with zero attached hydrogens (tertiary/aromatic N) is 2. The van der Waals surface area contributed by atoms with Crippen LogP contribution in [-0.2, 0) is 26.0 Å². The zero-order chi connectivity index (χ0) is 21.3. The summed E-state index contributed by atoms with van der Waals surface area (Å²) >= 11 is 0. The second kappa shape index (κ2) is 7.95. The number of hydrogen-bond donors (Lipinski definition) is 0. The second-order valence-electron chi connectivity index (χ2n) is 7.24. The molecule has 0 aliphatic carbocycles. The summed E-state index contributed by atoms with van der Waals surface area (Å²) in [5, 5.41) is 0. The van der Waals surface area contributed by atoms with Crippen molar-refractivity contribution in [3.63, 3.8) is 0 Å². The number of hydrogen-bond acceptors (Lipinski definition) is 5. The van der Waals surface area contributed by atoms with Gasteiger partial charge in [0, 0.05) is 24.9 Å². The minimum absolute atomic E-state index is 0.147. The maximum atomic E-state index is 12.7. The first-order chi connectivity index (χ1) is 14.4. The van der Waals surface area contributed by atoms with Gasteiger partial charge < -0.3 is 9.64 Å². The van der Waals surface area contributed by atoms with Crippen LogP contribution < -0.4 is 9.21 Å². The van der Waals surface area contributed by atoms with E-state index in [2.05, 4.69) is 0 Å². The van der Waals surface area contributed by atoms with Crippen LogP contribution in [0.25, 0.3) is 6.08 Å². The minimum atomic E-state index is -3.20. The van der Waals surface area contributed by atoms with E-state index in [1.807, 2.05) is 0 Å². The zero-order valence-corrected chi connectivity index (χ0v) is 17.4. The van der Waals surface area contributed by atoms with Crippen molar-refractivity contribution in [2.45, 2.75) is 12.8 Å². The van der Waals surface area contributed by atoms with Crippen molar-refractivity contribution >= 4 is 39.4 Å². The first-order valence-corrected chi connectivity index (χ1v) is 11.3. The Morgan fingerprint density at radius 3 is 2.50 bits per heavy atom. The van der Waals surface area contributed by atoms with Gasteiger partial charge in [0.25, 0.3) is 5.91 Å². The third-order valence-corrected chi connectivity index (χ3v) is 7.23. The molecule has 0 N–H and O–H groups in total. The number of esters is 1. The third kappa shape index (κ3) is 3.82. The molecule has 0 aromatic heterocycles. The highest BCUT2D eigenvalue weighted by molar-refractivity contribution is 7.93. The highest BCUT2D eigenvalue weighted by Gasteiger charge is 2.28. The Bertz CT molecular complexity index is 1120. The number of amides is 1. The lowest BCUT2D eigenvalue weighted by molar-refractivity contribution is -0.114. The van der Waals surface area contributed by atoms with E-state index in [-0.39, 0.29) is 11.7 Å². The number of carbonyl (C=O) groups is 2. The van der Waals surface area contributed by atoms with E-state index >= 15 is 0 Å². The van der Waals surface area contributed by atoms with Crippen LogP contribution in [0.5, 0.6) is 0 Å². The molecule has 4 rings (SSSR count). The van der Waals surface area contributed by atoms with Crippen LogP contribution in [0.1, 0.15) is 27.9 Å². The van der Waals surface area contributed by atoms with Crippen molar-refractivity contribution in [3.8, 4) is 0 Å². The van der Waals surface area contributed by atoms with E-state index in [1.54, 1.807) is 53.4 Å². The van der Waals surface area contributed by atoms with Crippen LogP contribution in [0.4, 0.5) is 11.4 Å². The third-order valence-electron chi connectivity index (χ3n) is 5.36. The highest BCUT2D eigenvalue weighted by atomic mass is 32.2. The lowest BCUT2D eigenvalue weighted by Crippen LogP contribution is -2.26. The molecule has 2 heterocycles. The van der Waals surface area contributed by atoms with Gasteiger partial charge in [0.05, 0.1) is 24.1 Å². The summed E-state index contributed by atoms with van der Waals surface area (Å²) in [6.07, 6.45) is 4.53. The van der Waals surface area contributed by atoms with Gasteiger partial charge in [-0.1, -0.05) is 12.1 Å². The van der Waals surface area contributed by atoms with Crippen molar-refractivity contribution in [2.24, 2.45) is 0 Å². The largest absolute Gasteiger partial charge is 0.465 e. The molecule has 2 aliphatic rings. The van der Waals surface area contributed by atoms with Crippen molar-refractivity contribution in [1.29, 1.82) is 0 Å². The Morgan fingerprint density at radius 2 is 1.83 bits per heavy atom. The van der Waals surface area contributed by atoms with Crippen LogP contribution in [-0.4, -0.2) is 46.2 Å². The summed E-state index contributed by atoms with van der Waals surface area (Å²) in [4.78, 5) is 26.0. The fraction of sp³-hybridized carbons (Fsp3) is 0.273. The normalized spacial score (nSPS) is 17.4. The van der Waals surface area contributed by atoms with Gasteiger partial charge in [-0.25, -0.2) is 13.2 Å². The molecule has 30 heavy (non-hydrogen) atoms. The smallest absolute Gasteiger partial charge is 0.337 e. The van der Waals surface area contributed by atoms with E-state index in [4.69, 9.17) is 4.74 Å². The molecule has 2 aromatic rings. The molecule has 2 aromatic carbocycles. The molecule has 7 nitrogen and oxygen atoms in total. The first-order valence-electron chi connectivity index (χ1n) is 9.70. The lowest BCUT2D eigenvalue weighted by Gasteiger charge is -2.17. The maximum Gasteiger partial charge on any atom is 0.337 e. The van der Waals surface area contributed by atoms with Gasteiger partial charge in [-0.2, -0.15) is 0 Å². The topological polar surface area (TPSA) is 84.0 Å². The van der Waals surface area contributed by atoms with E-state index in [1.165, 1.54) is 17.5 Å². The van der Waals surface area contributed by atoms with Gasteiger partial charge in [-0.05, 0) is 60.4 Å². The summed E-state index contributed by atoms with van der Waals surface area (Å²) in [7, 11) is -1.86. The summed E-state index contributed by atoms with van der Waals surface area (Å²) in [6, 6.07) is 12.3. The van der Waals surface area contributed by atoms with Crippen LogP contribution in [0.3, 0.4) is 0 Å². The quantitative estimate of drug-likeness (QED) is 0.554. The molecule has 0 radical (unpaired) electrons. The maximum absolute atomic E-state index is 12.7. The predicted molar refractivity (Wildman–Crippen MR) is 115 cm³/mol. The summed E-state index contributed by atoms with van der Waals surface area (Å²) in [5.74, 6) is -0.361. The Balaban J connectivity index is 1.46. The fourth-order valence-corrected chi connectivity index (χ4v) is 5.38. The van der Waals surface area contributed by atoms with Gasteiger partial charge in [0.1, 0.15) is 0 Å². The molecule has 1 amide bonds. The number of carbonyl (C=O) groups excluding carboxylic acids is 2. The zero-order valence-electron chi connectivity index (χ0n) is 16.6. The molecule has 1 saturated heterocycles. The van der Waals surface area contributed by atoms with Crippen LogP contribution in [0.15, 0.2) is 48.5 Å². The summed E-state index contributed by atoms with van der Waals surface area (Å²) in [6.45, 7) is 1.05. The molecule has 156 valence electrons. The predicted octanol–water partition coefficient (Wildman–Crippen LogP) is 2.62. The molecule has 1 fully saturated rings. The molecular weight excluding hydrogens is 404 g/mol. The number of fused-ring (bicyclic) bond motifs is 1. The van der Waals surface area contributed by atoms with Crippen molar-refractivity contribution in [1.82, 2.24) is 0 Å². The number of sulfonamides is 1. The Morgan fingerprint density at radius 1 is 1.07 bits per heavy atom. The minimum Gasteiger partial charge on any atom is -0.465 e. The average molecular weight is 426 g/mol. The van der Waals surface area contributed by atoms with Gasteiger partial charge in [0.2, 0.25) is 10.0 Å². The van der Waals surface area contributed by atoms with Gasteiger partial charge >= 0.3 is 5.97 Å². The van der Waals surface area contributed by atoms with Gasteiger partial charge in [-0.15, -0.1) is 0 Å². The van der Waals surface area contributed by atoms with Crippen molar-refractivity contribution in [3.05, 3.63) is 65.2 Å². The molecular formula is C22H22N2O5S. The van der Waals surface area contributed by atoms with Crippen LogP contribution in [0, 0.1) is 0 Å². The SMILES string of the molecule is COC(=O)c1ccc2c(c1)CCN2C(=O)/C=C/c1ccc(N2CCCS2(=O)=O)cc1. The average Bonchev–Trinajstić information content (AvgIpc) is 3.33. The second-order valence-corrected chi connectivity index (χ2v) is 9.25. The van der Waals surface area contributed by atoms with Crippen LogP contribution >= 0.6 is 0 Å². The Labute approximate surface area is 175 Å². The number of rotatable bonds is 4. The van der Waals surface area contributed by atoms with E-state index < -0.39 is 16.0 Å². The van der Waals surface area contributed by atoms with E-state index in [9.17, 15) is 18.0 Å². The Hall–Kier alpha value is -3.13. The molecule has 0 saturated carbocycles.